The van der Waals surface area contributed by atoms with Crippen molar-refractivity contribution in [3.05, 3.63) is 36.0 Å². The number of nitrogens with one attached hydrogen (secondary N) is 1. The largest absolute Gasteiger partial charge is 0.466 e. The molecule has 0 atom stereocenters. The fourth-order valence-electron chi connectivity index (χ4n) is 2.06. The first kappa shape index (κ1) is 14.1. The molecule has 2 rings (SSSR count). The monoisotopic (exact) mass is 274 g/mol. The van der Waals surface area contributed by atoms with Crippen LogP contribution in [0.15, 0.2) is 30.5 Å². The standard InChI is InChI=1S/C15H18N2O3/c1-3-20-13(18)8-10-17(2)15(19)12-6-4-5-11-7-9-16-14(11)12/h4-7,9,16H,3,8,10H2,1-2H3. The zero-order valence-corrected chi connectivity index (χ0v) is 11.7. The summed E-state index contributed by atoms with van der Waals surface area (Å²) in [5.74, 6) is -0.396. The number of ether oxygens (including phenoxy) is 1. The van der Waals surface area contributed by atoms with E-state index in [1.165, 1.54) is 4.90 Å². The Hall–Kier alpha value is -2.30. The number of fused-ring (bicyclic) bond motifs is 1. The Morgan fingerprint density at radius 2 is 2.10 bits per heavy atom. The van der Waals surface area contributed by atoms with Crippen molar-refractivity contribution >= 4 is 22.8 Å². The number of benzene rings is 1. The summed E-state index contributed by atoms with van der Waals surface area (Å²) in [6, 6.07) is 7.50. The topological polar surface area (TPSA) is 62.4 Å². The molecule has 20 heavy (non-hydrogen) atoms. The highest BCUT2D eigenvalue weighted by atomic mass is 16.5. The van der Waals surface area contributed by atoms with E-state index in [4.69, 9.17) is 4.74 Å². The SMILES string of the molecule is CCOC(=O)CCN(C)C(=O)c1cccc2cc[nH]c12. The third-order valence-corrected chi connectivity index (χ3v) is 3.12. The number of carbonyl (C=O) groups is 2. The minimum Gasteiger partial charge on any atom is -0.466 e. The molecule has 0 aliphatic rings. The molecule has 1 heterocycles. The summed E-state index contributed by atoms with van der Waals surface area (Å²) < 4.78 is 4.85. The third kappa shape index (κ3) is 2.99. The number of nitrogens with zero attached hydrogens (tertiary/aromatic N) is 1. The molecule has 106 valence electrons. The Balaban J connectivity index is 2.07. The van der Waals surface area contributed by atoms with Gasteiger partial charge in [-0.15, -0.1) is 0 Å². The van der Waals surface area contributed by atoms with Crippen LogP contribution in [0.3, 0.4) is 0 Å². The Kier molecular flexibility index (Phi) is 4.40. The number of rotatable bonds is 5. The minimum absolute atomic E-state index is 0.109. The second-order valence-corrected chi connectivity index (χ2v) is 4.53. The lowest BCUT2D eigenvalue weighted by Crippen LogP contribution is -2.29. The number of aromatic amines is 1. The number of H-pyrrole nitrogens is 1. The number of aromatic nitrogens is 1. The number of hydrogen-bond acceptors (Lipinski definition) is 3. The molecule has 0 saturated carbocycles. The zero-order valence-electron chi connectivity index (χ0n) is 11.7. The van der Waals surface area contributed by atoms with E-state index in [0.717, 1.165) is 10.9 Å². The van der Waals surface area contributed by atoms with Crippen LogP contribution in [0.4, 0.5) is 0 Å². The smallest absolute Gasteiger partial charge is 0.307 e. The number of esters is 1. The van der Waals surface area contributed by atoms with Gasteiger partial charge in [-0.05, 0) is 19.1 Å². The lowest BCUT2D eigenvalue weighted by Gasteiger charge is -2.17. The summed E-state index contributed by atoms with van der Waals surface area (Å²) in [5.41, 5.74) is 1.43. The van der Waals surface area contributed by atoms with E-state index in [0.29, 0.717) is 18.7 Å². The highest BCUT2D eigenvalue weighted by Crippen LogP contribution is 2.18. The van der Waals surface area contributed by atoms with Gasteiger partial charge in [0.1, 0.15) is 0 Å². The van der Waals surface area contributed by atoms with Gasteiger partial charge in [-0.2, -0.15) is 0 Å². The fraction of sp³-hybridized carbons (Fsp3) is 0.333. The molecule has 0 spiro atoms. The van der Waals surface area contributed by atoms with E-state index < -0.39 is 0 Å². The molecule has 0 radical (unpaired) electrons. The van der Waals surface area contributed by atoms with E-state index in [9.17, 15) is 9.59 Å². The normalized spacial score (nSPS) is 10.5. The summed E-state index contributed by atoms with van der Waals surface area (Å²) >= 11 is 0. The average molecular weight is 274 g/mol. The van der Waals surface area contributed by atoms with Crippen LogP contribution in [0.1, 0.15) is 23.7 Å². The Bertz CT molecular complexity index is 618. The molecule has 5 nitrogen and oxygen atoms in total. The number of amides is 1. The highest BCUT2D eigenvalue weighted by molar-refractivity contribution is 6.05. The third-order valence-electron chi connectivity index (χ3n) is 3.12. The lowest BCUT2D eigenvalue weighted by molar-refractivity contribution is -0.143. The summed E-state index contributed by atoms with van der Waals surface area (Å²) in [4.78, 5) is 28.3. The van der Waals surface area contributed by atoms with Crippen LogP contribution in [-0.4, -0.2) is 42.0 Å². The molecule has 1 N–H and O–H groups in total. The number of hydrogen-bond donors (Lipinski definition) is 1. The molecule has 1 aromatic carbocycles. The molecule has 0 unspecified atom stereocenters. The van der Waals surface area contributed by atoms with Crippen molar-refractivity contribution in [1.29, 1.82) is 0 Å². The van der Waals surface area contributed by atoms with Crippen LogP contribution >= 0.6 is 0 Å². The maximum Gasteiger partial charge on any atom is 0.307 e. The van der Waals surface area contributed by atoms with Gasteiger partial charge in [0.25, 0.3) is 5.91 Å². The van der Waals surface area contributed by atoms with Crippen molar-refractivity contribution in [2.45, 2.75) is 13.3 Å². The van der Waals surface area contributed by atoms with Crippen LogP contribution in [0.5, 0.6) is 0 Å². The molecular weight excluding hydrogens is 256 g/mol. The Morgan fingerprint density at radius 1 is 1.30 bits per heavy atom. The molecule has 0 fully saturated rings. The van der Waals surface area contributed by atoms with Crippen LogP contribution in [0, 0.1) is 0 Å². The van der Waals surface area contributed by atoms with Crippen molar-refractivity contribution in [3.63, 3.8) is 0 Å². The molecule has 1 aromatic heterocycles. The minimum atomic E-state index is -0.287. The summed E-state index contributed by atoms with van der Waals surface area (Å²) in [5, 5.41) is 0.995. The molecule has 0 bridgehead atoms. The first-order chi connectivity index (χ1) is 9.63. The van der Waals surface area contributed by atoms with E-state index >= 15 is 0 Å². The quantitative estimate of drug-likeness (QED) is 0.850. The molecule has 0 saturated heterocycles. The van der Waals surface area contributed by atoms with Gasteiger partial charge in [0, 0.05) is 25.2 Å². The predicted octanol–water partition coefficient (Wildman–Crippen LogP) is 2.19. The highest BCUT2D eigenvalue weighted by Gasteiger charge is 2.16. The summed E-state index contributed by atoms with van der Waals surface area (Å²) in [6.45, 7) is 2.46. The van der Waals surface area contributed by atoms with Crippen LogP contribution < -0.4 is 0 Å². The first-order valence-corrected chi connectivity index (χ1v) is 6.60. The van der Waals surface area contributed by atoms with Gasteiger partial charge >= 0.3 is 5.97 Å². The number of para-hydroxylation sites is 1. The van der Waals surface area contributed by atoms with E-state index in [1.54, 1.807) is 26.2 Å². The van der Waals surface area contributed by atoms with Gasteiger partial charge in [0.2, 0.25) is 0 Å². The zero-order chi connectivity index (χ0) is 14.5. The van der Waals surface area contributed by atoms with Crippen LogP contribution in [0.2, 0.25) is 0 Å². The average Bonchev–Trinajstić information content (AvgIpc) is 2.92. The second-order valence-electron chi connectivity index (χ2n) is 4.53. The van der Waals surface area contributed by atoms with Crippen LogP contribution in [0.25, 0.3) is 10.9 Å². The van der Waals surface area contributed by atoms with Crippen molar-refractivity contribution in [2.75, 3.05) is 20.2 Å². The van der Waals surface area contributed by atoms with Crippen molar-refractivity contribution < 1.29 is 14.3 Å². The number of carbonyl (C=O) groups excluding carboxylic acids is 2. The first-order valence-electron chi connectivity index (χ1n) is 6.60. The molecule has 0 aliphatic heterocycles. The van der Waals surface area contributed by atoms with Gasteiger partial charge in [0.15, 0.2) is 0 Å². The molecular formula is C15H18N2O3. The van der Waals surface area contributed by atoms with E-state index in [1.807, 2.05) is 18.2 Å². The fourth-order valence-corrected chi connectivity index (χ4v) is 2.06. The predicted molar refractivity (Wildman–Crippen MR) is 76.5 cm³/mol. The van der Waals surface area contributed by atoms with E-state index in [-0.39, 0.29) is 18.3 Å². The Morgan fingerprint density at radius 3 is 2.85 bits per heavy atom. The summed E-state index contributed by atoms with van der Waals surface area (Å²) in [7, 11) is 1.68. The van der Waals surface area contributed by atoms with Gasteiger partial charge in [-0.1, -0.05) is 12.1 Å². The molecule has 1 amide bonds. The van der Waals surface area contributed by atoms with Crippen molar-refractivity contribution in [1.82, 2.24) is 9.88 Å². The molecule has 5 heteroatoms. The van der Waals surface area contributed by atoms with Gasteiger partial charge in [0.05, 0.1) is 24.1 Å². The lowest BCUT2D eigenvalue weighted by atomic mass is 10.1. The van der Waals surface area contributed by atoms with Crippen molar-refractivity contribution in [3.8, 4) is 0 Å². The Labute approximate surface area is 117 Å². The second kappa shape index (κ2) is 6.23. The van der Waals surface area contributed by atoms with Crippen molar-refractivity contribution in [2.24, 2.45) is 0 Å². The van der Waals surface area contributed by atoms with Crippen LogP contribution in [-0.2, 0) is 9.53 Å². The van der Waals surface area contributed by atoms with Gasteiger partial charge < -0.3 is 14.6 Å². The maximum absolute atomic E-state index is 12.4. The van der Waals surface area contributed by atoms with E-state index in [2.05, 4.69) is 4.98 Å². The van der Waals surface area contributed by atoms with Gasteiger partial charge in [-0.25, -0.2) is 0 Å². The van der Waals surface area contributed by atoms with Gasteiger partial charge in [-0.3, -0.25) is 9.59 Å². The molecule has 0 aliphatic carbocycles. The molecule has 2 aromatic rings. The summed E-state index contributed by atoms with van der Waals surface area (Å²) in [6.07, 6.45) is 2.01. The maximum atomic E-state index is 12.4.